The first kappa shape index (κ1) is 15.6. The van der Waals surface area contributed by atoms with E-state index in [1.165, 1.54) is 19.3 Å². The Morgan fingerprint density at radius 2 is 1.96 bits per heavy atom. The van der Waals surface area contributed by atoms with Crippen LogP contribution >= 0.6 is 11.3 Å². The molecule has 25 heavy (non-hydrogen) atoms. The average molecular weight is 356 g/mol. The van der Waals surface area contributed by atoms with E-state index in [2.05, 4.69) is 10.3 Å². The Kier molecular flexibility index (Phi) is 3.56. The minimum Gasteiger partial charge on any atom is -0.462 e. The predicted molar refractivity (Wildman–Crippen MR) is 97.0 cm³/mol. The van der Waals surface area contributed by atoms with Gasteiger partial charge >= 0.3 is 0 Å². The molecule has 0 aliphatic heterocycles. The molecule has 0 atom stereocenters. The van der Waals surface area contributed by atoms with Crippen LogP contribution in [0.2, 0.25) is 0 Å². The van der Waals surface area contributed by atoms with Crippen LogP contribution in [0.15, 0.2) is 22.8 Å². The summed E-state index contributed by atoms with van der Waals surface area (Å²) in [6.45, 7) is 2.60. The molecule has 1 N–H and O–H groups in total. The van der Waals surface area contributed by atoms with E-state index < -0.39 is 0 Å². The molecule has 4 aliphatic rings. The molecule has 6 rings (SSSR count). The van der Waals surface area contributed by atoms with Crippen LogP contribution in [0.4, 0.5) is 0 Å². The molecule has 0 aromatic carbocycles. The van der Waals surface area contributed by atoms with Crippen molar-refractivity contribution in [3.63, 3.8) is 0 Å². The molecule has 4 bridgehead atoms. The standard InChI is InChI=1S/C20H24N2O2S/c1-12-17(25-18(22-12)16-3-2-4-24-16)11-21-19(23)20-8-13-5-14(9-20)7-15(6-13)10-20/h2-4,13-15H,5-11H2,1H3,(H,21,23). The number of hydrogen-bond acceptors (Lipinski definition) is 4. The van der Waals surface area contributed by atoms with E-state index in [4.69, 9.17) is 4.42 Å². The van der Waals surface area contributed by atoms with Crippen molar-refractivity contribution in [2.45, 2.75) is 52.0 Å². The highest BCUT2D eigenvalue weighted by atomic mass is 32.1. The fourth-order valence-corrected chi connectivity index (χ4v) is 6.80. The van der Waals surface area contributed by atoms with Crippen LogP contribution in [0.1, 0.15) is 49.1 Å². The zero-order valence-corrected chi connectivity index (χ0v) is 15.4. The molecule has 2 aromatic heterocycles. The second kappa shape index (κ2) is 5.70. The monoisotopic (exact) mass is 356 g/mol. The van der Waals surface area contributed by atoms with Gasteiger partial charge in [0.25, 0.3) is 0 Å². The second-order valence-corrected chi connectivity index (χ2v) is 9.47. The van der Waals surface area contributed by atoms with Gasteiger partial charge in [-0.3, -0.25) is 4.79 Å². The highest BCUT2D eigenvalue weighted by molar-refractivity contribution is 7.15. The Morgan fingerprint density at radius 3 is 2.56 bits per heavy atom. The van der Waals surface area contributed by atoms with Crippen molar-refractivity contribution < 1.29 is 9.21 Å². The van der Waals surface area contributed by atoms with Crippen LogP contribution in [-0.2, 0) is 11.3 Å². The zero-order chi connectivity index (χ0) is 17.0. The summed E-state index contributed by atoms with van der Waals surface area (Å²) in [6, 6.07) is 3.80. The van der Waals surface area contributed by atoms with Gasteiger partial charge in [0.2, 0.25) is 5.91 Å². The molecule has 4 saturated carbocycles. The Hall–Kier alpha value is -1.62. The van der Waals surface area contributed by atoms with Crippen LogP contribution in [0.5, 0.6) is 0 Å². The summed E-state index contributed by atoms with van der Waals surface area (Å²) in [5.74, 6) is 3.48. The summed E-state index contributed by atoms with van der Waals surface area (Å²) in [7, 11) is 0. The molecule has 5 heteroatoms. The van der Waals surface area contributed by atoms with Gasteiger partial charge in [0, 0.05) is 10.3 Å². The van der Waals surface area contributed by atoms with Crippen LogP contribution in [-0.4, -0.2) is 10.9 Å². The number of aryl methyl sites for hydroxylation is 1. The van der Waals surface area contributed by atoms with Gasteiger partial charge in [-0.1, -0.05) is 0 Å². The molecule has 132 valence electrons. The maximum Gasteiger partial charge on any atom is 0.226 e. The number of carbonyl (C=O) groups is 1. The number of nitrogens with one attached hydrogen (secondary N) is 1. The summed E-state index contributed by atoms with van der Waals surface area (Å²) in [5.41, 5.74) is 0.916. The maximum atomic E-state index is 13.1. The van der Waals surface area contributed by atoms with Crippen molar-refractivity contribution in [2.75, 3.05) is 0 Å². The van der Waals surface area contributed by atoms with Crippen molar-refractivity contribution >= 4 is 17.2 Å². The number of nitrogens with zero attached hydrogens (tertiary/aromatic N) is 1. The molecule has 4 nitrogen and oxygen atoms in total. The molecule has 0 spiro atoms. The highest BCUT2D eigenvalue weighted by Crippen LogP contribution is 2.60. The van der Waals surface area contributed by atoms with Gasteiger partial charge in [-0.05, 0) is 75.3 Å². The molecule has 4 fully saturated rings. The Bertz CT molecular complexity index is 757. The number of amides is 1. The first-order valence-corrected chi connectivity index (χ1v) is 10.2. The lowest BCUT2D eigenvalue weighted by Crippen LogP contribution is -2.53. The third-order valence-electron chi connectivity index (χ3n) is 6.55. The van der Waals surface area contributed by atoms with Crippen molar-refractivity contribution in [1.82, 2.24) is 10.3 Å². The van der Waals surface area contributed by atoms with Gasteiger partial charge in [0.05, 0.1) is 18.5 Å². The van der Waals surface area contributed by atoms with Crippen molar-refractivity contribution in [3.8, 4) is 10.8 Å². The smallest absolute Gasteiger partial charge is 0.226 e. The van der Waals surface area contributed by atoms with Gasteiger partial charge in [-0.2, -0.15) is 0 Å². The van der Waals surface area contributed by atoms with Gasteiger partial charge in [-0.15, -0.1) is 11.3 Å². The summed E-state index contributed by atoms with van der Waals surface area (Å²) in [6.07, 6.45) is 9.12. The fraction of sp³-hybridized carbons (Fsp3) is 0.600. The van der Waals surface area contributed by atoms with Crippen LogP contribution < -0.4 is 5.32 Å². The normalized spacial score (nSPS) is 32.9. The molecule has 4 aliphatic carbocycles. The lowest BCUT2D eigenvalue weighted by Gasteiger charge is -2.55. The first-order valence-electron chi connectivity index (χ1n) is 9.40. The highest BCUT2D eigenvalue weighted by Gasteiger charge is 2.54. The van der Waals surface area contributed by atoms with E-state index in [0.29, 0.717) is 12.5 Å². The van der Waals surface area contributed by atoms with E-state index in [9.17, 15) is 4.79 Å². The number of furan rings is 1. The SMILES string of the molecule is Cc1nc(-c2ccco2)sc1CNC(=O)C12CC3CC(CC(C3)C1)C2. The Morgan fingerprint density at radius 1 is 1.28 bits per heavy atom. The summed E-state index contributed by atoms with van der Waals surface area (Å²) in [5, 5.41) is 4.15. The first-order chi connectivity index (χ1) is 12.1. The van der Waals surface area contributed by atoms with Crippen LogP contribution in [0.3, 0.4) is 0 Å². The van der Waals surface area contributed by atoms with E-state index in [0.717, 1.165) is 58.4 Å². The van der Waals surface area contributed by atoms with Crippen molar-refractivity contribution in [1.29, 1.82) is 0 Å². The van der Waals surface area contributed by atoms with Crippen LogP contribution in [0, 0.1) is 30.1 Å². The summed E-state index contributed by atoms with van der Waals surface area (Å²) >= 11 is 1.62. The van der Waals surface area contributed by atoms with E-state index >= 15 is 0 Å². The molecule has 2 heterocycles. The lowest BCUT2D eigenvalue weighted by molar-refractivity contribution is -0.146. The lowest BCUT2D eigenvalue weighted by atomic mass is 9.49. The van der Waals surface area contributed by atoms with Crippen molar-refractivity contribution in [3.05, 3.63) is 29.0 Å². The van der Waals surface area contributed by atoms with E-state index in [1.54, 1.807) is 17.6 Å². The summed E-state index contributed by atoms with van der Waals surface area (Å²) in [4.78, 5) is 18.8. The topological polar surface area (TPSA) is 55.1 Å². The van der Waals surface area contributed by atoms with Gasteiger partial charge < -0.3 is 9.73 Å². The summed E-state index contributed by atoms with van der Waals surface area (Å²) < 4.78 is 5.44. The number of thiazole rings is 1. The quantitative estimate of drug-likeness (QED) is 0.875. The maximum absolute atomic E-state index is 13.1. The number of aromatic nitrogens is 1. The number of hydrogen-bond donors (Lipinski definition) is 1. The Balaban J connectivity index is 1.30. The molecule has 0 radical (unpaired) electrons. The molecule has 2 aromatic rings. The molecule has 0 unspecified atom stereocenters. The van der Waals surface area contributed by atoms with Gasteiger partial charge in [0.15, 0.2) is 10.8 Å². The Labute approximate surface area is 152 Å². The molecule has 1 amide bonds. The van der Waals surface area contributed by atoms with Crippen molar-refractivity contribution in [2.24, 2.45) is 23.2 Å². The minimum absolute atomic E-state index is 0.0722. The third kappa shape index (κ3) is 2.64. The zero-order valence-electron chi connectivity index (χ0n) is 14.6. The number of rotatable bonds is 4. The van der Waals surface area contributed by atoms with E-state index in [1.807, 2.05) is 19.1 Å². The third-order valence-corrected chi connectivity index (χ3v) is 7.73. The fourth-order valence-electron chi connectivity index (χ4n) is 5.83. The molecular weight excluding hydrogens is 332 g/mol. The average Bonchev–Trinajstić information content (AvgIpc) is 3.21. The van der Waals surface area contributed by atoms with Crippen LogP contribution in [0.25, 0.3) is 10.8 Å². The molecule has 0 saturated heterocycles. The number of carbonyl (C=O) groups excluding carboxylic acids is 1. The minimum atomic E-state index is -0.0722. The van der Waals surface area contributed by atoms with E-state index in [-0.39, 0.29) is 5.41 Å². The second-order valence-electron chi connectivity index (χ2n) is 8.39. The molecular formula is C20H24N2O2S. The van der Waals surface area contributed by atoms with Gasteiger partial charge in [0.1, 0.15) is 0 Å². The predicted octanol–water partition coefficient (Wildman–Crippen LogP) is 4.54. The largest absolute Gasteiger partial charge is 0.462 e. The van der Waals surface area contributed by atoms with Gasteiger partial charge in [-0.25, -0.2) is 4.98 Å².